The topological polar surface area (TPSA) is 81.1 Å². The van der Waals surface area contributed by atoms with E-state index >= 15 is 0 Å². The Hall–Kier alpha value is -2.93. The van der Waals surface area contributed by atoms with E-state index < -0.39 is 0 Å². The fourth-order valence-corrected chi connectivity index (χ4v) is 3.67. The van der Waals surface area contributed by atoms with Crippen LogP contribution in [0.3, 0.4) is 0 Å². The van der Waals surface area contributed by atoms with Crippen LogP contribution in [0.1, 0.15) is 18.0 Å². The van der Waals surface area contributed by atoms with Gasteiger partial charge in [0.1, 0.15) is 13.7 Å². The molecule has 4 aromatic rings. The van der Waals surface area contributed by atoms with Gasteiger partial charge in [0, 0.05) is 40.9 Å². The zero-order valence-electron chi connectivity index (χ0n) is 14.2. The highest BCUT2D eigenvalue weighted by Gasteiger charge is 2.23. The Kier molecular flexibility index (Phi) is 3.43. The summed E-state index contributed by atoms with van der Waals surface area (Å²) < 4.78 is 1.62. The summed E-state index contributed by atoms with van der Waals surface area (Å²) >= 11 is 0. The number of anilines is 1. The van der Waals surface area contributed by atoms with Crippen LogP contribution in [0.25, 0.3) is 27.7 Å². The zero-order chi connectivity index (χ0) is 17.7. The first kappa shape index (κ1) is 15.3. The van der Waals surface area contributed by atoms with Crippen molar-refractivity contribution in [1.29, 1.82) is 0 Å². The van der Waals surface area contributed by atoms with Gasteiger partial charge in [0.05, 0.1) is 11.7 Å². The lowest BCUT2D eigenvalue weighted by Gasteiger charge is -2.15. The number of hydrogen-bond donors (Lipinski definition) is 2. The molecule has 1 aromatic carbocycles. The number of aromatic nitrogens is 4. The number of benzene rings is 1. The standard InChI is InChI=1S/C19H17BN6/c20-16-17(12-5-6-22-8-12)25-19-14(10-24-26(19)18(16)21)13-7-11-3-1-2-4-15(11)23-9-13/h1-4,7,9-10,12,22H,5-6,8,21H2. The summed E-state index contributed by atoms with van der Waals surface area (Å²) in [6, 6.07) is 10.1. The van der Waals surface area contributed by atoms with Crippen LogP contribution < -0.4 is 16.5 Å². The van der Waals surface area contributed by atoms with Gasteiger partial charge in [-0.3, -0.25) is 4.98 Å². The summed E-state index contributed by atoms with van der Waals surface area (Å²) in [5.74, 6) is 0.719. The van der Waals surface area contributed by atoms with Crippen LogP contribution in [0.4, 0.5) is 5.82 Å². The van der Waals surface area contributed by atoms with Crippen molar-refractivity contribution in [1.82, 2.24) is 24.9 Å². The molecule has 6 nitrogen and oxygen atoms in total. The highest BCUT2D eigenvalue weighted by atomic mass is 15.3. The van der Waals surface area contributed by atoms with E-state index in [0.29, 0.717) is 11.3 Å². The zero-order valence-corrected chi connectivity index (χ0v) is 14.2. The Labute approximate surface area is 151 Å². The number of nitrogens with zero attached hydrogens (tertiary/aromatic N) is 4. The van der Waals surface area contributed by atoms with Crippen molar-refractivity contribution in [2.45, 2.75) is 12.3 Å². The van der Waals surface area contributed by atoms with Crippen LogP contribution in [0, 0.1) is 0 Å². The number of fused-ring (bicyclic) bond motifs is 2. The summed E-state index contributed by atoms with van der Waals surface area (Å²) in [7, 11) is 6.26. The highest BCUT2D eigenvalue weighted by molar-refractivity contribution is 6.36. The number of pyridine rings is 1. The number of nitrogens with two attached hydrogens (primary N) is 1. The molecule has 0 bridgehead atoms. The molecule has 3 N–H and O–H groups in total. The first-order chi connectivity index (χ1) is 12.7. The molecular formula is C19H17BN6. The lowest BCUT2D eigenvalue weighted by Crippen LogP contribution is -2.25. The summed E-state index contributed by atoms with van der Waals surface area (Å²) in [6.45, 7) is 1.84. The van der Waals surface area contributed by atoms with Crippen LogP contribution in [-0.2, 0) is 0 Å². The molecule has 7 heteroatoms. The SMILES string of the molecule is [B]c1c(C2CCNC2)nc2c(-c3cnc4ccccc4c3)cnn2c1N. The van der Waals surface area contributed by atoms with Gasteiger partial charge in [0.25, 0.3) is 0 Å². The molecule has 1 fully saturated rings. The monoisotopic (exact) mass is 340 g/mol. The number of hydrogen-bond acceptors (Lipinski definition) is 5. The van der Waals surface area contributed by atoms with E-state index in [0.717, 1.165) is 52.9 Å². The van der Waals surface area contributed by atoms with Crippen LogP contribution >= 0.6 is 0 Å². The highest BCUT2D eigenvalue weighted by Crippen LogP contribution is 2.28. The van der Waals surface area contributed by atoms with Gasteiger partial charge in [0.2, 0.25) is 0 Å². The molecule has 5 rings (SSSR count). The summed E-state index contributed by atoms with van der Waals surface area (Å²) in [6.07, 6.45) is 4.64. The Bertz CT molecular complexity index is 1130. The third-order valence-corrected chi connectivity index (χ3v) is 5.10. The third-order valence-electron chi connectivity index (χ3n) is 5.10. The molecule has 1 aliphatic rings. The smallest absolute Gasteiger partial charge is 0.165 e. The minimum Gasteiger partial charge on any atom is -0.384 e. The van der Waals surface area contributed by atoms with E-state index in [4.69, 9.17) is 18.6 Å². The van der Waals surface area contributed by atoms with Crippen molar-refractivity contribution >= 4 is 35.7 Å². The summed E-state index contributed by atoms with van der Waals surface area (Å²) in [4.78, 5) is 9.41. The summed E-state index contributed by atoms with van der Waals surface area (Å²) in [5.41, 5.74) is 11.2. The van der Waals surface area contributed by atoms with Crippen molar-refractivity contribution in [3.63, 3.8) is 0 Å². The third kappa shape index (κ3) is 2.28. The molecule has 1 saturated heterocycles. The largest absolute Gasteiger partial charge is 0.384 e. The summed E-state index contributed by atoms with van der Waals surface area (Å²) in [5, 5.41) is 8.84. The Morgan fingerprint density at radius 2 is 2.12 bits per heavy atom. The molecule has 26 heavy (non-hydrogen) atoms. The molecule has 0 spiro atoms. The minimum atomic E-state index is 0.278. The first-order valence-corrected chi connectivity index (χ1v) is 8.71. The molecule has 0 aliphatic carbocycles. The molecule has 3 aromatic heterocycles. The van der Waals surface area contributed by atoms with E-state index in [9.17, 15) is 0 Å². The van der Waals surface area contributed by atoms with Gasteiger partial charge in [-0.25, -0.2) is 4.98 Å². The first-order valence-electron chi connectivity index (χ1n) is 8.71. The molecular weight excluding hydrogens is 323 g/mol. The fraction of sp³-hybridized carbons (Fsp3) is 0.211. The molecule has 126 valence electrons. The van der Waals surface area contributed by atoms with Gasteiger partial charge in [-0.05, 0) is 30.6 Å². The predicted molar refractivity (Wildman–Crippen MR) is 104 cm³/mol. The Morgan fingerprint density at radius 3 is 2.96 bits per heavy atom. The van der Waals surface area contributed by atoms with Crippen molar-refractivity contribution in [3.05, 3.63) is 48.4 Å². The van der Waals surface area contributed by atoms with E-state index in [1.165, 1.54) is 0 Å². The van der Waals surface area contributed by atoms with Gasteiger partial charge in [-0.15, -0.1) is 0 Å². The predicted octanol–water partition coefficient (Wildman–Crippen LogP) is 1.40. The van der Waals surface area contributed by atoms with Gasteiger partial charge >= 0.3 is 0 Å². The van der Waals surface area contributed by atoms with E-state index in [2.05, 4.69) is 21.5 Å². The minimum absolute atomic E-state index is 0.278. The second kappa shape index (κ2) is 5.81. The van der Waals surface area contributed by atoms with Gasteiger partial charge in [-0.2, -0.15) is 9.61 Å². The maximum atomic E-state index is 6.27. The van der Waals surface area contributed by atoms with E-state index in [1.807, 2.05) is 30.5 Å². The normalized spacial score (nSPS) is 17.3. The Morgan fingerprint density at radius 1 is 1.23 bits per heavy atom. The Balaban J connectivity index is 1.72. The van der Waals surface area contributed by atoms with Crippen LogP contribution in [0.5, 0.6) is 0 Å². The molecule has 1 atom stereocenters. The second-order valence-electron chi connectivity index (χ2n) is 6.70. The van der Waals surface area contributed by atoms with Crippen LogP contribution in [0.2, 0.25) is 0 Å². The molecule has 1 aliphatic heterocycles. The lowest BCUT2D eigenvalue weighted by atomic mass is 9.88. The van der Waals surface area contributed by atoms with Gasteiger partial charge in [0.15, 0.2) is 5.65 Å². The number of rotatable bonds is 2. The van der Waals surface area contributed by atoms with Gasteiger partial charge in [-0.1, -0.05) is 18.2 Å². The average molecular weight is 340 g/mol. The molecule has 2 radical (unpaired) electrons. The number of para-hydroxylation sites is 1. The van der Waals surface area contributed by atoms with Crippen LogP contribution in [0.15, 0.2) is 42.7 Å². The maximum Gasteiger partial charge on any atom is 0.165 e. The average Bonchev–Trinajstić information content (AvgIpc) is 3.34. The number of nitrogen functional groups attached to an aromatic ring is 1. The van der Waals surface area contributed by atoms with Gasteiger partial charge < -0.3 is 11.1 Å². The molecule has 1 unspecified atom stereocenters. The van der Waals surface area contributed by atoms with Crippen molar-refractivity contribution < 1.29 is 0 Å². The second-order valence-corrected chi connectivity index (χ2v) is 6.70. The fourth-order valence-electron chi connectivity index (χ4n) is 3.67. The van der Waals surface area contributed by atoms with Crippen molar-refractivity contribution in [2.24, 2.45) is 0 Å². The molecule has 0 amide bonds. The van der Waals surface area contributed by atoms with E-state index in [-0.39, 0.29) is 5.92 Å². The number of nitrogens with one attached hydrogen (secondary N) is 1. The lowest BCUT2D eigenvalue weighted by molar-refractivity contribution is 0.738. The van der Waals surface area contributed by atoms with E-state index in [1.54, 1.807) is 10.7 Å². The molecule has 4 heterocycles. The quantitative estimate of drug-likeness (QED) is 0.539. The maximum absolute atomic E-state index is 6.27. The van der Waals surface area contributed by atoms with Crippen molar-refractivity contribution in [2.75, 3.05) is 18.8 Å². The van der Waals surface area contributed by atoms with Crippen LogP contribution in [-0.4, -0.2) is 40.5 Å². The molecule has 0 saturated carbocycles. The van der Waals surface area contributed by atoms with Crippen molar-refractivity contribution in [3.8, 4) is 11.1 Å².